The number of hydrogen-bond acceptors (Lipinski definition) is 4. The van der Waals surface area contributed by atoms with Gasteiger partial charge in [-0.1, -0.05) is 22.9 Å². The van der Waals surface area contributed by atoms with E-state index >= 15 is 0 Å². The molecule has 1 aliphatic heterocycles. The molecule has 2 rings (SSSR count). The monoisotopic (exact) mass is 327 g/mol. The van der Waals surface area contributed by atoms with Crippen molar-refractivity contribution >= 4 is 27.3 Å². The standard InChI is InChI=1S/C14H22BrN3O/c1-3-18-6-7-19-12(10-18)9-17(2)14-5-4-11(15)8-13(14)16/h4-5,8,12H,3,6-7,9-10,16H2,1-2H3. The Morgan fingerprint density at radius 1 is 1.53 bits per heavy atom. The van der Waals surface area contributed by atoms with Crippen molar-refractivity contribution in [2.75, 3.05) is 50.5 Å². The van der Waals surface area contributed by atoms with Gasteiger partial charge in [0.2, 0.25) is 0 Å². The average Bonchev–Trinajstić information content (AvgIpc) is 2.38. The van der Waals surface area contributed by atoms with Crippen LogP contribution in [0.4, 0.5) is 11.4 Å². The average molecular weight is 328 g/mol. The number of morpholine rings is 1. The van der Waals surface area contributed by atoms with E-state index in [1.807, 2.05) is 18.2 Å². The summed E-state index contributed by atoms with van der Waals surface area (Å²) in [5.41, 5.74) is 7.91. The summed E-state index contributed by atoms with van der Waals surface area (Å²) in [7, 11) is 2.06. The minimum absolute atomic E-state index is 0.252. The molecule has 0 radical (unpaired) electrons. The minimum Gasteiger partial charge on any atom is -0.397 e. The number of nitrogens with zero attached hydrogens (tertiary/aromatic N) is 2. The fraction of sp³-hybridized carbons (Fsp3) is 0.571. The van der Waals surface area contributed by atoms with Gasteiger partial charge in [0.25, 0.3) is 0 Å². The molecule has 0 aromatic heterocycles. The summed E-state index contributed by atoms with van der Waals surface area (Å²) in [6.45, 7) is 7.00. The van der Waals surface area contributed by atoms with Gasteiger partial charge in [-0.05, 0) is 24.7 Å². The molecule has 5 heteroatoms. The highest BCUT2D eigenvalue weighted by molar-refractivity contribution is 9.10. The lowest BCUT2D eigenvalue weighted by Gasteiger charge is -2.35. The second-order valence-corrected chi connectivity index (χ2v) is 5.89. The van der Waals surface area contributed by atoms with Crippen molar-refractivity contribution in [3.05, 3.63) is 22.7 Å². The summed E-state index contributed by atoms with van der Waals surface area (Å²) >= 11 is 3.43. The molecular weight excluding hydrogens is 306 g/mol. The van der Waals surface area contributed by atoms with Crippen LogP contribution in [0.15, 0.2) is 22.7 Å². The van der Waals surface area contributed by atoms with Crippen molar-refractivity contribution in [2.45, 2.75) is 13.0 Å². The Kier molecular flexibility index (Phi) is 5.07. The number of rotatable bonds is 4. The quantitative estimate of drug-likeness (QED) is 0.861. The number of halogens is 1. The molecule has 1 aromatic rings. The maximum atomic E-state index is 6.06. The molecule has 0 saturated carbocycles. The van der Waals surface area contributed by atoms with E-state index in [4.69, 9.17) is 10.5 Å². The molecule has 1 fully saturated rings. The maximum Gasteiger partial charge on any atom is 0.0876 e. The lowest BCUT2D eigenvalue weighted by atomic mass is 10.2. The third kappa shape index (κ3) is 3.84. The molecule has 106 valence electrons. The van der Waals surface area contributed by atoms with Crippen LogP contribution in [0.5, 0.6) is 0 Å². The molecular formula is C14H22BrN3O. The van der Waals surface area contributed by atoms with Crippen LogP contribution in [0.25, 0.3) is 0 Å². The van der Waals surface area contributed by atoms with Crippen LogP contribution in [-0.2, 0) is 4.74 Å². The zero-order valence-electron chi connectivity index (χ0n) is 11.6. The van der Waals surface area contributed by atoms with Crippen molar-refractivity contribution in [3.63, 3.8) is 0 Å². The number of ether oxygens (including phenoxy) is 1. The van der Waals surface area contributed by atoms with E-state index in [-0.39, 0.29) is 6.10 Å². The van der Waals surface area contributed by atoms with Gasteiger partial charge in [0, 0.05) is 31.2 Å². The molecule has 1 unspecified atom stereocenters. The number of nitrogen functional groups attached to an aromatic ring is 1. The van der Waals surface area contributed by atoms with Crippen molar-refractivity contribution in [2.24, 2.45) is 0 Å². The molecule has 2 N–H and O–H groups in total. The van der Waals surface area contributed by atoms with Gasteiger partial charge in [0.05, 0.1) is 24.1 Å². The molecule has 0 spiro atoms. The summed E-state index contributed by atoms with van der Waals surface area (Å²) in [6, 6.07) is 5.99. The first-order chi connectivity index (χ1) is 9.10. The Hall–Kier alpha value is -0.780. The minimum atomic E-state index is 0.252. The molecule has 1 saturated heterocycles. The maximum absolute atomic E-state index is 6.06. The van der Waals surface area contributed by atoms with Gasteiger partial charge in [-0.25, -0.2) is 0 Å². The van der Waals surface area contributed by atoms with E-state index in [9.17, 15) is 0 Å². The topological polar surface area (TPSA) is 41.7 Å². The Labute approximate surface area is 123 Å². The predicted molar refractivity (Wildman–Crippen MR) is 83.7 cm³/mol. The fourth-order valence-corrected chi connectivity index (χ4v) is 2.83. The molecule has 0 aliphatic carbocycles. The van der Waals surface area contributed by atoms with E-state index in [1.165, 1.54) is 0 Å². The number of nitrogens with two attached hydrogens (primary N) is 1. The lowest BCUT2D eigenvalue weighted by molar-refractivity contribution is -0.0216. The highest BCUT2D eigenvalue weighted by Crippen LogP contribution is 2.26. The van der Waals surface area contributed by atoms with Crippen LogP contribution < -0.4 is 10.6 Å². The van der Waals surface area contributed by atoms with E-state index in [2.05, 4.69) is 39.7 Å². The predicted octanol–water partition coefficient (Wildman–Crippen LogP) is 2.19. The van der Waals surface area contributed by atoms with E-state index in [0.717, 1.165) is 48.6 Å². The first-order valence-corrected chi connectivity index (χ1v) is 7.49. The summed E-state index contributed by atoms with van der Waals surface area (Å²) in [5, 5.41) is 0. The van der Waals surface area contributed by atoms with Gasteiger partial charge in [0.15, 0.2) is 0 Å². The molecule has 1 aliphatic rings. The fourth-order valence-electron chi connectivity index (χ4n) is 2.45. The second-order valence-electron chi connectivity index (χ2n) is 4.97. The van der Waals surface area contributed by atoms with Gasteiger partial charge in [-0.3, -0.25) is 4.90 Å². The summed E-state index contributed by atoms with van der Waals surface area (Å²) in [5.74, 6) is 0. The highest BCUT2D eigenvalue weighted by atomic mass is 79.9. The first-order valence-electron chi connectivity index (χ1n) is 6.70. The summed E-state index contributed by atoms with van der Waals surface area (Å²) < 4.78 is 6.84. The van der Waals surface area contributed by atoms with Crippen LogP contribution in [-0.4, -0.2) is 50.8 Å². The zero-order valence-corrected chi connectivity index (χ0v) is 13.2. The SMILES string of the molecule is CCN1CCOC(CN(C)c2ccc(Br)cc2N)C1. The second kappa shape index (κ2) is 6.59. The van der Waals surface area contributed by atoms with Crippen molar-refractivity contribution in [3.8, 4) is 0 Å². The smallest absolute Gasteiger partial charge is 0.0876 e. The lowest BCUT2D eigenvalue weighted by Crippen LogP contribution is -2.46. The summed E-state index contributed by atoms with van der Waals surface area (Å²) in [6.07, 6.45) is 0.252. The molecule has 1 atom stereocenters. The molecule has 4 nitrogen and oxygen atoms in total. The third-order valence-corrected chi connectivity index (χ3v) is 4.04. The van der Waals surface area contributed by atoms with Crippen molar-refractivity contribution < 1.29 is 4.74 Å². The van der Waals surface area contributed by atoms with Crippen LogP contribution in [0.1, 0.15) is 6.92 Å². The Bertz CT molecular complexity index is 427. The van der Waals surface area contributed by atoms with Crippen LogP contribution >= 0.6 is 15.9 Å². The van der Waals surface area contributed by atoms with Crippen molar-refractivity contribution in [1.29, 1.82) is 0 Å². The van der Waals surface area contributed by atoms with Crippen LogP contribution in [0.2, 0.25) is 0 Å². The molecule has 1 aromatic carbocycles. The van der Waals surface area contributed by atoms with E-state index in [0.29, 0.717) is 0 Å². The van der Waals surface area contributed by atoms with Gasteiger partial charge in [-0.15, -0.1) is 0 Å². The number of anilines is 2. The number of likely N-dealkylation sites (N-methyl/N-ethyl adjacent to an activating group) is 2. The molecule has 0 bridgehead atoms. The van der Waals surface area contributed by atoms with Gasteiger partial charge < -0.3 is 15.4 Å². The summed E-state index contributed by atoms with van der Waals surface area (Å²) in [4.78, 5) is 4.60. The Morgan fingerprint density at radius 2 is 2.32 bits per heavy atom. The van der Waals surface area contributed by atoms with Gasteiger partial charge >= 0.3 is 0 Å². The number of hydrogen-bond donors (Lipinski definition) is 1. The van der Waals surface area contributed by atoms with Crippen LogP contribution in [0, 0.1) is 0 Å². The molecule has 1 heterocycles. The first kappa shape index (κ1) is 14.6. The number of benzene rings is 1. The highest BCUT2D eigenvalue weighted by Gasteiger charge is 2.21. The third-order valence-electron chi connectivity index (χ3n) is 3.55. The van der Waals surface area contributed by atoms with E-state index in [1.54, 1.807) is 0 Å². The Balaban J connectivity index is 1.98. The van der Waals surface area contributed by atoms with Gasteiger partial charge in [-0.2, -0.15) is 0 Å². The van der Waals surface area contributed by atoms with Gasteiger partial charge in [0.1, 0.15) is 0 Å². The largest absolute Gasteiger partial charge is 0.397 e. The van der Waals surface area contributed by atoms with E-state index < -0.39 is 0 Å². The molecule has 0 amide bonds. The normalized spacial score (nSPS) is 20.5. The van der Waals surface area contributed by atoms with Crippen molar-refractivity contribution in [1.82, 2.24) is 4.90 Å². The zero-order chi connectivity index (χ0) is 13.8. The van der Waals surface area contributed by atoms with Crippen LogP contribution in [0.3, 0.4) is 0 Å². The Morgan fingerprint density at radius 3 is 3.00 bits per heavy atom. The molecule has 19 heavy (non-hydrogen) atoms.